The third-order valence-corrected chi connectivity index (χ3v) is 24.5. The molecule has 21 N–H and O–H groups in total. The van der Waals surface area contributed by atoms with Gasteiger partial charge in [-0.2, -0.15) is 0 Å². The number of aliphatic hydroxyl groups excluding tert-OH is 6. The number of phenolic OH excluding ortho intramolecular Hbond substituents is 2. The van der Waals surface area contributed by atoms with E-state index in [4.69, 9.17) is 61.0 Å². The predicted octanol–water partition coefficient (Wildman–Crippen LogP) is 3.21. The number of nitrogens with one attached hydrogen (secondary N) is 9. The number of aliphatic hydroxyl groups is 6. The molecule has 16 rings (SSSR count). The van der Waals surface area contributed by atoms with Crippen LogP contribution in [0.15, 0.2) is 78.9 Å². The molecule has 7 heterocycles. The summed E-state index contributed by atoms with van der Waals surface area (Å²) in [6, 6.07) is 1.24. The molecule has 37 heteroatoms. The quantitative estimate of drug-likeness (QED) is 0.0442. The minimum Gasteiger partial charge on any atom is -0.507 e. The second-order valence-corrected chi connectivity index (χ2v) is 34.2. The third-order valence-electron chi connectivity index (χ3n) is 24.2. The molecule has 5 aromatic rings. The highest BCUT2D eigenvalue weighted by atomic mass is 35.5. The Morgan fingerprint density at radius 2 is 1.36 bits per heavy atom. The summed E-state index contributed by atoms with van der Waals surface area (Å²) in [7, 11) is 1.50. The Hall–Kier alpha value is -10.1. The van der Waals surface area contributed by atoms with Crippen LogP contribution in [0.4, 0.5) is 4.79 Å². The lowest BCUT2D eigenvalue weighted by molar-refractivity contribution is -0.333. The van der Waals surface area contributed by atoms with E-state index in [1.807, 2.05) is 20.8 Å². The van der Waals surface area contributed by atoms with Gasteiger partial charge < -0.3 is 138 Å². The van der Waals surface area contributed by atoms with Crippen molar-refractivity contribution in [2.45, 2.75) is 227 Å². The molecular formula is C85H108ClN11O25. The highest BCUT2D eigenvalue weighted by Gasteiger charge is 2.53. The summed E-state index contributed by atoms with van der Waals surface area (Å²) in [5.74, 6) is -12.6. The van der Waals surface area contributed by atoms with E-state index in [9.17, 15) is 55.2 Å². The van der Waals surface area contributed by atoms with Crippen molar-refractivity contribution in [3.8, 4) is 57.1 Å². The molecule has 9 amide bonds. The van der Waals surface area contributed by atoms with Gasteiger partial charge in [0.25, 0.3) is 0 Å². The number of likely N-dealkylation sites (N-methyl/N-ethyl adjacent to an activating group) is 1. The van der Waals surface area contributed by atoms with Gasteiger partial charge in [-0.15, -0.1) is 0 Å². The van der Waals surface area contributed by atoms with Gasteiger partial charge in [-0.3, -0.25) is 38.4 Å². The topological polar surface area (TPSA) is 550 Å². The number of benzene rings is 5. The molecule has 18 atom stereocenters. The number of aromatic hydroxyl groups is 2. The average Bonchev–Trinajstić information content (AvgIpc) is 0.756. The van der Waals surface area contributed by atoms with Gasteiger partial charge in [0.1, 0.15) is 95.5 Å². The van der Waals surface area contributed by atoms with Crippen LogP contribution < -0.4 is 78.3 Å². The molecule has 36 nitrogen and oxygen atoms in total. The number of rotatable bonds is 22. The van der Waals surface area contributed by atoms with Gasteiger partial charge in [0.05, 0.1) is 42.9 Å². The summed E-state index contributed by atoms with van der Waals surface area (Å²) >= 11 is 7.30. The number of carbonyl (C=O) groups is 9. The fourth-order valence-electron chi connectivity index (χ4n) is 18.1. The van der Waals surface area contributed by atoms with Gasteiger partial charge in [0.2, 0.25) is 59.3 Å². The van der Waals surface area contributed by atoms with Crippen LogP contribution in [0, 0.1) is 36.5 Å². The normalized spacial score (nSPS) is 30.8. The van der Waals surface area contributed by atoms with E-state index in [-0.39, 0.29) is 105 Å². The molecule has 122 heavy (non-hydrogen) atoms. The SMILES string of the molecule is CCCCCOCCNC(=O)Oc1cc(O)c2c(c1)[C@@H](C(=O)NC1C3CC4CC(C3)CC1C4)NC(=O)[C@H]1NC(=O)[C@H](NC(=O)[C@@H]3NC(=O)[C@H](CC(N)=O)NC(=O)[C@H](NC(=O)[C@@H](CC(C)C)NC)[C@H](O)c4ccc(c(C)c4)Oc4cc3cc(c4O[C@@H]3O[C@H](CO)[C@@H](O)[C@H](O)[C@H]3O[C@H]3C[C@](C)(N)[C@H](O)[C@H](C)O3)Oc3ccc(cc3Cl)[C@H]1O)c1ccc(O)c-2c1. The molecule has 660 valence electrons. The average molecular weight is 1720 g/mol. The van der Waals surface area contributed by atoms with Gasteiger partial charge >= 0.3 is 6.09 Å². The number of hydrogen-bond acceptors (Lipinski definition) is 27. The molecule has 7 aliphatic heterocycles. The number of carbonyl (C=O) groups excluding carboxylic acids is 9. The van der Waals surface area contributed by atoms with Crippen LogP contribution in [0.5, 0.6) is 46.0 Å². The Balaban J connectivity index is 1.00. The molecule has 0 radical (unpaired) electrons. The largest absolute Gasteiger partial charge is 0.507 e. The lowest BCUT2D eigenvalue weighted by atomic mass is 9.54. The fraction of sp³-hybridized carbons (Fsp3) is 0.541. The summed E-state index contributed by atoms with van der Waals surface area (Å²) in [5, 5.41) is 120. The molecule has 11 aliphatic rings. The number of nitrogens with two attached hydrogens (primary N) is 2. The number of fused-ring (bicyclic) bond motifs is 15. The van der Waals surface area contributed by atoms with E-state index in [0.717, 1.165) is 87.8 Å². The highest BCUT2D eigenvalue weighted by molar-refractivity contribution is 6.32. The van der Waals surface area contributed by atoms with Crippen molar-refractivity contribution in [3.63, 3.8) is 0 Å². The standard InChI is InChI=1S/C85H108ClN11O25/c1-8-9-10-18-115-19-17-90-84(114)117-47-31-49-62(54(100)32-47)48-27-41(11-14-53(48)99)64-78(109)97-68(82(113)95-66(49)80(111)92-63-44-23-39-22-40(25-44)26-45(63)24-39)70(103)43-13-16-56(50(86)28-43)119-58-30-46-29-57(73(58)122-83-74(72(105)71(104)59(35-98)120-83)121-61-34-85(6,88)75(106)38(5)116-61)118-55-15-12-42(21-37(55)4)69(102)67(96-76(107)51(89-7)20-36(2)3)81(112)91-52(33-60(87)101)77(108)93-65(46)79(110)94-64/h11-16,21,27-32,36,38-40,44-45,51-52,59,61,63-72,74-75,83,89,98-100,102-106H,8-10,17-20,22-26,33-35,88H2,1-7H3,(H2,87,101)(H,90,114)(H,91,112)(H,92,111)(H,93,108)(H,94,110)(H,95,113)(H,96,107)(H,97,109)/t38-,39?,40?,44?,45?,51+,52-,59+,61-,63?,64+,65+,66-,67+,68-,69+,70+,71+,72-,74+,75+,83-,85-/m0/s1. The van der Waals surface area contributed by atoms with Crippen LogP contribution in [-0.4, -0.2) is 213 Å². The van der Waals surface area contributed by atoms with Crippen LogP contribution in [-0.2, 0) is 57.3 Å². The third kappa shape index (κ3) is 19.8. The highest BCUT2D eigenvalue weighted by Crippen LogP contribution is 2.55. The molecular weight excluding hydrogens is 1610 g/mol. The van der Waals surface area contributed by atoms with Gasteiger partial charge in [0.15, 0.2) is 23.9 Å². The molecule has 15 bridgehead atoms. The van der Waals surface area contributed by atoms with E-state index < -0.39 is 216 Å². The number of amides is 9. The van der Waals surface area contributed by atoms with Crippen molar-refractivity contribution < 1.29 is 122 Å². The van der Waals surface area contributed by atoms with Crippen molar-refractivity contribution in [1.29, 1.82) is 0 Å². The first kappa shape index (κ1) is 89.7. The lowest BCUT2D eigenvalue weighted by Crippen LogP contribution is -2.64. The molecule has 4 saturated carbocycles. The maximum Gasteiger partial charge on any atom is 0.412 e. The number of unbranched alkanes of at least 4 members (excludes halogenated alkanes) is 2. The van der Waals surface area contributed by atoms with Crippen molar-refractivity contribution >= 4 is 65.0 Å². The molecule has 0 spiro atoms. The second-order valence-electron chi connectivity index (χ2n) is 33.8. The van der Waals surface area contributed by atoms with Crippen LogP contribution >= 0.6 is 11.6 Å². The Kier molecular flexibility index (Phi) is 27.9. The van der Waals surface area contributed by atoms with Crippen molar-refractivity contribution in [2.75, 3.05) is 33.4 Å². The van der Waals surface area contributed by atoms with Gasteiger partial charge in [-0.05, 0) is 190 Å². The first-order chi connectivity index (χ1) is 58.1. The van der Waals surface area contributed by atoms with Crippen molar-refractivity contribution in [1.82, 2.24) is 47.9 Å². The fourth-order valence-corrected chi connectivity index (χ4v) is 18.3. The lowest BCUT2D eigenvalue weighted by Gasteiger charge is -2.54. The number of phenols is 2. The molecule has 0 aromatic heterocycles. The summed E-state index contributed by atoms with van der Waals surface area (Å²) < 4.78 is 50.7. The molecule has 4 aliphatic carbocycles. The van der Waals surface area contributed by atoms with E-state index in [1.165, 1.54) is 70.3 Å². The van der Waals surface area contributed by atoms with Gasteiger partial charge in [-0.25, -0.2) is 4.79 Å². The monoisotopic (exact) mass is 1720 g/mol. The van der Waals surface area contributed by atoms with Crippen LogP contribution in [0.2, 0.25) is 5.02 Å². The molecule has 0 unspecified atom stereocenters. The summed E-state index contributed by atoms with van der Waals surface area (Å²) in [6.45, 7) is 9.87. The summed E-state index contributed by atoms with van der Waals surface area (Å²) in [5.41, 5.74) is 9.23. The van der Waals surface area contributed by atoms with E-state index in [0.29, 0.717) is 18.4 Å². The molecule has 6 fully saturated rings. The van der Waals surface area contributed by atoms with Gasteiger partial charge in [-0.1, -0.05) is 63.4 Å². The van der Waals surface area contributed by atoms with Crippen molar-refractivity contribution in [2.24, 2.45) is 41.1 Å². The first-order valence-corrected chi connectivity index (χ1v) is 41.7. The maximum absolute atomic E-state index is 16.5. The van der Waals surface area contributed by atoms with Crippen LogP contribution in [0.3, 0.4) is 0 Å². The zero-order valence-corrected chi connectivity index (χ0v) is 69.2. The second kappa shape index (κ2) is 38.0. The summed E-state index contributed by atoms with van der Waals surface area (Å²) in [6.07, 6.45) is -12.3. The zero-order valence-electron chi connectivity index (χ0n) is 68.4. The number of hydrogen-bond donors (Lipinski definition) is 19. The number of primary amides is 1. The van der Waals surface area contributed by atoms with Crippen LogP contribution in [0.1, 0.15) is 169 Å². The number of ether oxygens (including phenoxy) is 8. The first-order valence-electron chi connectivity index (χ1n) is 41.3. The Labute approximate surface area is 707 Å². The minimum absolute atomic E-state index is 0.0117. The number of halogens is 1. The maximum atomic E-state index is 16.5. The Bertz CT molecular complexity index is 4740. The molecule has 2 saturated heterocycles. The smallest absolute Gasteiger partial charge is 0.412 e. The van der Waals surface area contributed by atoms with E-state index >= 15 is 28.8 Å². The van der Waals surface area contributed by atoms with Crippen molar-refractivity contribution in [3.05, 3.63) is 117 Å². The van der Waals surface area contributed by atoms with E-state index in [1.54, 1.807) is 0 Å². The van der Waals surface area contributed by atoms with Gasteiger partial charge in [0, 0.05) is 48.3 Å². The predicted molar refractivity (Wildman–Crippen MR) is 433 cm³/mol. The molecule has 5 aromatic carbocycles. The summed E-state index contributed by atoms with van der Waals surface area (Å²) in [4.78, 5) is 137. The van der Waals surface area contributed by atoms with Crippen LogP contribution in [0.25, 0.3) is 11.1 Å². The van der Waals surface area contributed by atoms with E-state index in [2.05, 4.69) is 47.9 Å². The zero-order chi connectivity index (χ0) is 87.6. The Morgan fingerprint density at radius 1 is 0.705 bits per heavy atom. The Morgan fingerprint density at radius 3 is 2.01 bits per heavy atom. The minimum atomic E-state index is -2.32. The number of aryl methyl sites for hydroxylation is 1.